The van der Waals surface area contributed by atoms with Crippen LogP contribution in [0.3, 0.4) is 0 Å². The van der Waals surface area contributed by atoms with Crippen molar-refractivity contribution in [1.82, 2.24) is 0 Å². The van der Waals surface area contributed by atoms with E-state index < -0.39 is 0 Å². The molecule has 1 rings (SSSR count). The van der Waals surface area contributed by atoms with Gasteiger partial charge >= 0.3 is 0 Å². The molecule has 0 N–H and O–H groups in total. The van der Waals surface area contributed by atoms with Crippen molar-refractivity contribution in [2.45, 2.75) is 13.3 Å². The molecule has 1 aromatic carbocycles. The van der Waals surface area contributed by atoms with Crippen molar-refractivity contribution in [3.05, 3.63) is 29.8 Å². The second-order valence-electron chi connectivity index (χ2n) is 2.48. The molecule has 2 nitrogen and oxygen atoms in total. The molecule has 0 saturated carbocycles. The minimum atomic E-state index is 0.531. The van der Waals surface area contributed by atoms with Gasteiger partial charge in [-0.25, -0.2) is 0 Å². The molecule has 12 heavy (non-hydrogen) atoms. The fraction of sp³-hybridized carbons (Fsp3) is 0.300. The van der Waals surface area contributed by atoms with Crippen molar-refractivity contribution in [2.75, 3.05) is 6.61 Å². The van der Waals surface area contributed by atoms with E-state index in [2.05, 4.69) is 0 Å². The van der Waals surface area contributed by atoms with E-state index in [9.17, 15) is 4.79 Å². The zero-order valence-electron chi connectivity index (χ0n) is 7.04. The van der Waals surface area contributed by atoms with Crippen molar-refractivity contribution in [1.29, 1.82) is 0 Å². The molecule has 0 aliphatic carbocycles. The van der Waals surface area contributed by atoms with Gasteiger partial charge in [0.05, 0.1) is 6.61 Å². The summed E-state index contributed by atoms with van der Waals surface area (Å²) in [5.41, 5.74) is 0.531. The van der Waals surface area contributed by atoms with Crippen molar-refractivity contribution in [3.8, 4) is 5.75 Å². The minimum Gasteiger partial charge on any atom is -0.494 e. The molecule has 0 atom stereocenters. The van der Waals surface area contributed by atoms with Crippen LogP contribution in [-0.4, -0.2) is 12.9 Å². The van der Waals surface area contributed by atoms with Gasteiger partial charge in [-0.15, -0.1) is 0 Å². The van der Waals surface area contributed by atoms with E-state index in [1.165, 1.54) is 0 Å². The van der Waals surface area contributed by atoms with Gasteiger partial charge in [0, 0.05) is 5.56 Å². The third-order valence-electron chi connectivity index (χ3n) is 1.42. The van der Waals surface area contributed by atoms with Crippen LogP contribution in [0.5, 0.6) is 5.75 Å². The first kappa shape index (κ1) is 8.78. The van der Waals surface area contributed by atoms with Gasteiger partial charge in [0.15, 0.2) is 0 Å². The lowest BCUT2D eigenvalue weighted by Crippen LogP contribution is -1.95. The monoisotopic (exact) mass is 163 g/mol. The Morgan fingerprint density at radius 3 is 3.00 bits per heavy atom. The summed E-state index contributed by atoms with van der Waals surface area (Å²) in [4.78, 5) is 10.3. The van der Waals surface area contributed by atoms with Crippen LogP contribution in [0.4, 0.5) is 0 Å². The maximum atomic E-state index is 10.3. The van der Waals surface area contributed by atoms with Crippen LogP contribution in [0.1, 0.15) is 18.9 Å². The number of benzene rings is 1. The van der Waals surface area contributed by atoms with E-state index in [0.29, 0.717) is 12.2 Å². The summed E-state index contributed by atoms with van der Waals surface area (Å²) in [5, 5.41) is 0. The number of hydrogen-bond donors (Lipinski definition) is 0. The lowest BCUT2D eigenvalue weighted by Gasteiger charge is -2.03. The molecule has 0 unspecified atom stereocenters. The Balaban J connectivity index is 2.66. The SMILES string of the molecule is CCCOc1cccc([C]=O)c1. The number of rotatable bonds is 4. The molecule has 0 fully saturated rings. The molecule has 0 aromatic heterocycles. The van der Waals surface area contributed by atoms with E-state index in [-0.39, 0.29) is 0 Å². The summed E-state index contributed by atoms with van der Waals surface area (Å²) in [7, 11) is 0. The maximum absolute atomic E-state index is 10.3. The van der Waals surface area contributed by atoms with E-state index >= 15 is 0 Å². The zero-order chi connectivity index (χ0) is 8.81. The fourth-order valence-corrected chi connectivity index (χ4v) is 0.869. The third-order valence-corrected chi connectivity index (χ3v) is 1.42. The Hall–Kier alpha value is -1.31. The Kier molecular flexibility index (Phi) is 3.33. The topological polar surface area (TPSA) is 26.3 Å². The van der Waals surface area contributed by atoms with Gasteiger partial charge in [-0.05, 0) is 18.6 Å². The molecular formula is C10H11O2. The van der Waals surface area contributed by atoms with Crippen LogP contribution in [0, 0.1) is 0 Å². The molecule has 0 aliphatic rings. The second kappa shape index (κ2) is 4.54. The largest absolute Gasteiger partial charge is 0.494 e. The Bertz CT molecular complexity index is 256. The van der Waals surface area contributed by atoms with Gasteiger partial charge in [0.2, 0.25) is 6.29 Å². The van der Waals surface area contributed by atoms with Crippen LogP contribution >= 0.6 is 0 Å². The van der Waals surface area contributed by atoms with Gasteiger partial charge in [-0.1, -0.05) is 19.1 Å². The van der Waals surface area contributed by atoms with Gasteiger partial charge in [-0.3, -0.25) is 4.79 Å². The second-order valence-corrected chi connectivity index (χ2v) is 2.48. The summed E-state index contributed by atoms with van der Waals surface area (Å²) in [6.07, 6.45) is 2.78. The van der Waals surface area contributed by atoms with Crippen LogP contribution < -0.4 is 4.74 Å². The molecule has 1 radical (unpaired) electrons. The first-order valence-electron chi connectivity index (χ1n) is 3.98. The van der Waals surface area contributed by atoms with E-state index in [1.807, 2.05) is 19.3 Å². The lowest BCUT2D eigenvalue weighted by atomic mass is 10.2. The summed E-state index contributed by atoms with van der Waals surface area (Å²) in [6, 6.07) is 7.00. The fourth-order valence-electron chi connectivity index (χ4n) is 0.869. The average Bonchev–Trinajstić information content (AvgIpc) is 2.15. The molecule has 0 spiro atoms. The predicted octanol–water partition coefficient (Wildman–Crippen LogP) is 1.93. The van der Waals surface area contributed by atoms with Gasteiger partial charge in [-0.2, -0.15) is 0 Å². The minimum absolute atomic E-state index is 0.531. The summed E-state index contributed by atoms with van der Waals surface area (Å²) in [6.45, 7) is 2.72. The van der Waals surface area contributed by atoms with Crippen LogP contribution in [-0.2, 0) is 4.79 Å². The van der Waals surface area contributed by atoms with Crippen molar-refractivity contribution >= 4 is 6.29 Å². The Morgan fingerprint density at radius 2 is 2.33 bits per heavy atom. The van der Waals surface area contributed by atoms with Crippen LogP contribution in [0.25, 0.3) is 0 Å². The molecule has 1 aromatic rings. The number of carbonyl (C=O) groups excluding carboxylic acids is 1. The van der Waals surface area contributed by atoms with E-state index in [0.717, 1.165) is 12.2 Å². The molecule has 0 heterocycles. The predicted molar refractivity (Wildman–Crippen MR) is 47.0 cm³/mol. The molecule has 2 heteroatoms. The highest BCUT2D eigenvalue weighted by atomic mass is 16.5. The molecule has 0 bridgehead atoms. The van der Waals surface area contributed by atoms with Gasteiger partial charge in [0.1, 0.15) is 5.75 Å². The summed E-state index contributed by atoms with van der Waals surface area (Å²) in [5.74, 6) is 0.734. The number of hydrogen-bond acceptors (Lipinski definition) is 2. The lowest BCUT2D eigenvalue weighted by molar-refractivity contribution is 0.317. The number of ether oxygens (including phenoxy) is 1. The summed E-state index contributed by atoms with van der Waals surface area (Å²) < 4.78 is 5.32. The Morgan fingerprint density at radius 1 is 1.50 bits per heavy atom. The van der Waals surface area contributed by atoms with Crippen molar-refractivity contribution in [2.24, 2.45) is 0 Å². The van der Waals surface area contributed by atoms with Crippen LogP contribution in [0.15, 0.2) is 24.3 Å². The zero-order valence-corrected chi connectivity index (χ0v) is 7.04. The first-order chi connectivity index (χ1) is 5.86. The van der Waals surface area contributed by atoms with E-state index in [1.54, 1.807) is 18.2 Å². The quantitative estimate of drug-likeness (QED) is 0.678. The highest BCUT2D eigenvalue weighted by Crippen LogP contribution is 2.11. The normalized spacial score (nSPS) is 9.42. The molecule has 63 valence electrons. The third kappa shape index (κ3) is 2.38. The smallest absolute Gasteiger partial charge is 0.233 e. The van der Waals surface area contributed by atoms with Crippen LogP contribution in [0.2, 0.25) is 0 Å². The highest BCUT2D eigenvalue weighted by Gasteiger charge is 1.94. The maximum Gasteiger partial charge on any atom is 0.233 e. The highest BCUT2D eigenvalue weighted by molar-refractivity contribution is 5.75. The van der Waals surface area contributed by atoms with Crippen molar-refractivity contribution < 1.29 is 9.53 Å². The molecule has 0 amide bonds. The molecular weight excluding hydrogens is 152 g/mol. The first-order valence-corrected chi connectivity index (χ1v) is 3.98. The molecule has 0 aliphatic heterocycles. The average molecular weight is 163 g/mol. The Labute approximate surface area is 72.2 Å². The van der Waals surface area contributed by atoms with Gasteiger partial charge in [0.25, 0.3) is 0 Å². The molecule has 0 saturated heterocycles. The summed E-state index contributed by atoms with van der Waals surface area (Å²) >= 11 is 0. The van der Waals surface area contributed by atoms with Gasteiger partial charge < -0.3 is 4.74 Å². The van der Waals surface area contributed by atoms with E-state index in [4.69, 9.17) is 4.74 Å². The standard InChI is InChI=1S/C10H11O2/c1-2-6-12-10-5-3-4-9(7-10)8-11/h3-5,7H,2,6H2,1H3. The van der Waals surface area contributed by atoms with Crippen molar-refractivity contribution in [3.63, 3.8) is 0 Å².